The van der Waals surface area contributed by atoms with Crippen molar-refractivity contribution < 1.29 is 5.11 Å². The van der Waals surface area contributed by atoms with Gasteiger partial charge in [-0.1, -0.05) is 44.0 Å². The standard InChI is InChI=1S/C13H20ClNO/c1-4-10(2)8-15(3)9-11-6-5-7-12(14)13(11)16/h5-7,10,16H,4,8-9H2,1-3H3. The molecule has 1 unspecified atom stereocenters. The molecule has 0 saturated heterocycles. The molecule has 0 aromatic heterocycles. The van der Waals surface area contributed by atoms with Crippen molar-refractivity contribution in [2.24, 2.45) is 5.92 Å². The van der Waals surface area contributed by atoms with Crippen molar-refractivity contribution >= 4 is 11.6 Å². The van der Waals surface area contributed by atoms with E-state index in [-0.39, 0.29) is 5.75 Å². The minimum atomic E-state index is 0.208. The third kappa shape index (κ3) is 3.69. The Hall–Kier alpha value is -0.730. The fourth-order valence-electron chi connectivity index (χ4n) is 1.70. The van der Waals surface area contributed by atoms with Crippen LogP contribution in [0.15, 0.2) is 18.2 Å². The molecule has 0 amide bonds. The van der Waals surface area contributed by atoms with Gasteiger partial charge in [-0.05, 0) is 19.0 Å². The van der Waals surface area contributed by atoms with Crippen LogP contribution >= 0.6 is 11.6 Å². The maximum atomic E-state index is 9.78. The number of aromatic hydroxyl groups is 1. The quantitative estimate of drug-likeness (QED) is 0.853. The Morgan fingerprint density at radius 1 is 1.44 bits per heavy atom. The molecule has 90 valence electrons. The molecule has 0 saturated carbocycles. The summed E-state index contributed by atoms with van der Waals surface area (Å²) in [7, 11) is 2.06. The summed E-state index contributed by atoms with van der Waals surface area (Å²) in [5, 5.41) is 10.2. The van der Waals surface area contributed by atoms with Crippen LogP contribution < -0.4 is 0 Å². The molecule has 0 fully saturated rings. The van der Waals surface area contributed by atoms with Gasteiger partial charge in [0.15, 0.2) is 0 Å². The first-order valence-corrected chi connectivity index (χ1v) is 6.07. The van der Waals surface area contributed by atoms with Crippen molar-refractivity contribution in [1.29, 1.82) is 0 Å². The summed E-state index contributed by atoms with van der Waals surface area (Å²) >= 11 is 5.86. The average Bonchev–Trinajstić information content (AvgIpc) is 2.24. The topological polar surface area (TPSA) is 23.5 Å². The molecule has 0 aliphatic heterocycles. The molecule has 3 heteroatoms. The van der Waals surface area contributed by atoms with E-state index >= 15 is 0 Å². The van der Waals surface area contributed by atoms with E-state index in [1.807, 2.05) is 12.1 Å². The fourth-order valence-corrected chi connectivity index (χ4v) is 1.90. The lowest BCUT2D eigenvalue weighted by atomic mass is 10.1. The van der Waals surface area contributed by atoms with Gasteiger partial charge in [-0.25, -0.2) is 0 Å². The first-order valence-electron chi connectivity index (χ1n) is 5.69. The normalized spacial score (nSPS) is 13.1. The number of phenols is 1. The van der Waals surface area contributed by atoms with Gasteiger partial charge in [-0.15, -0.1) is 0 Å². The van der Waals surface area contributed by atoms with Crippen molar-refractivity contribution in [1.82, 2.24) is 4.90 Å². The van der Waals surface area contributed by atoms with Gasteiger partial charge in [0, 0.05) is 18.7 Å². The summed E-state index contributed by atoms with van der Waals surface area (Å²) in [5.41, 5.74) is 0.887. The highest BCUT2D eigenvalue weighted by atomic mass is 35.5. The predicted octanol–water partition coefficient (Wildman–Crippen LogP) is 3.52. The number of benzene rings is 1. The van der Waals surface area contributed by atoms with Crippen LogP contribution in [0.3, 0.4) is 0 Å². The lowest BCUT2D eigenvalue weighted by Gasteiger charge is -2.21. The minimum absolute atomic E-state index is 0.208. The van der Waals surface area contributed by atoms with Gasteiger partial charge in [0.05, 0.1) is 5.02 Å². The Bertz CT molecular complexity index is 341. The predicted molar refractivity (Wildman–Crippen MR) is 68.9 cm³/mol. The second kappa shape index (κ2) is 6.12. The van der Waals surface area contributed by atoms with E-state index in [1.54, 1.807) is 6.07 Å². The maximum Gasteiger partial charge on any atom is 0.138 e. The molecule has 1 atom stereocenters. The van der Waals surface area contributed by atoms with Gasteiger partial charge in [-0.3, -0.25) is 0 Å². The van der Waals surface area contributed by atoms with Gasteiger partial charge in [0.25, 0.3) is 0 Å². The number of halogens is 1. The minimum Gasteiger partial charge on any atom is -0.506 e. The fraction of sp³-hybridized carbons (Fsp3) is 0.538. The number of nitrogens with zero attached hydrogens (tertiary/aromatic N) is 1. The first-order chi connectivity index (χ1) is 7.54. The van der Waals surface area contributed by atoms with E-state index in [9.17, 15) is 5.11 Å². The van der Waals surface area contributed by atoms with Gasteiger partial charge in [0.2, 0.25) is 0 Å². The maximum absolute atomic E-state index is 9.78. The summed E-state index contributed by atoms with van der Waals surface area (Å²) in [6, 6.07) is 5.48. The largest absolute Gasteiger partial charge is 0.506 e. The average molecular weight is 242 g/mol. The Morgan fingerprint density at radius 2 is 2.12 bits per heavy atom. The molecule has 1 N–H and O–H groups in total. The molecule has 0 spiro atoms. The SMILES string of the molecule is CCC(C)CN(C)Cc1cccc(Cl)c1O. The van der Waals surface area contributed by atoms with Crippen LogP contribution in [0.25, 0.3) is 0 Å². The highest BCUT2D eigenvalue weighted by Crippen LogP contribution is 2.27. The van der Waals surface area contributed by atoms with E-state index in [0.717, 1.165) is 18.7 Å². The molecule has 1 aromatic rings. The summed E-state index contributed by atoms with van der Waals surface area (Å²) in [4.78, 5) is 2.21. The van der Waals surface area contributed by atoms with Crippen LogP contribution in [0.2, 0.25) is 5.02 Å². The lowest BCUT2D eigenvalue weighted by Crippen LogP contribution is -2.23. The van der Waals surface area contributed by atoms with Crippen LogP contribution in [-0.4, -0.2) is 23.6 Å². The third-order valence-electron chi connectivity index (χ3n) is 2.83. The molecule has 1 aromatic carbocycles. The Kier molecular flexibility index (Phi) is 5.10. The zero-order chi connectivity index (χ0) is 12.1. The van der Waals surface area contributed by atoms with Crippen molar-refractivity contribution in [2.45, 2.75) is 26.8 Å². The number of rotatable bonds is 5. The highest BCUT2D eigenvalue weighted by Gasteiger charge is 2.09. The number of phenolic OH excluding ortho intramolecular Hbond substituents is 1. The molecule has 0 radical (unpaired) electrons. The first kappa shape index (κ1) is 13.3. The molecule has 0 bridgehead atoms. The monoisotopic (exact) mass is 241 g/mol. The Balaban J connectivity index is 2.62. The summed E-state index contributed by atoms with van der Waals surface area (Å²) < 4.78 is 0. The van der Waals surface area contributed by atoms with Gasteiger partial charge in [-0.2, -0.15) is 0 Å². The van der Waals surface area contributed by atoms with Crippen molar-refractivity contribution in [3.8, 4) is 5.75 Å². The summed E-state index contributed by atoms with van der Waals surface area (Å²) in [6.07, 6.45) is 1.17. The summed E-state index contributed by atoms with van der Waals surface area (Å²) in [5.74, 6) is 0.881. The summed E-state index contributed by atoms with van der Waals surface area (Å²) in [6.45, 7) is 6.18. The molecule has 1 rings (SSSR count). The molecule has 0 aliphatic carbocycles. The zero-order valence-corrected chi connectivity index (χ0v) is 11.0. The second-order valence-electron chi connectivity index (χ2n) is 4.46. The van der Waals surface area contributed by atoms with E-state index in [4.69, 9.17) is 11.6 Å². The molecular weight excluding hydrogens is 222 g/mol. The van der Waals surface area contributed by atoms with Crippen LogP contribution in [-0.2, 0) is 6.54 Å². The van der Waals surface area contributed by atoms with Crippen molar-refractivity contribution in [3.63, 3.8) is 0 Å². The smallest absolute Gasteiger partial charge is 0.138 e. The lowest BCUT2D eigenvalue weighted by molar-refractivity contribution is 0.271. The van der Waals surface area contributed by atoms with E-state index in [1.165, 1.54) is 6.42 Å². The second-order valence-corrected chi connectivity index (χ2v) is 4.86. The Labute approximate surface area is 103 Å². The van der Waals surface area contributed by atoms with Crippen LogP contribution in [0, 0.1) is 5.92 Å². The number of hydrogen-bond donors (Lipinski definition) is 1. The molecular formula is C13H20ClNO. The van der Waals surface area contributed by atoms with Crippen molar-refractivity contribution in [2.75, 3.05) is 13.6 Å². The molecule has 16 heavy (non-hydrogen) atoms. The van der Waals surface area contributed by atoms with Gasteiger partial charge in [0.1, 0.15) is 5.75 Å². The molecule has 2 nitrogen and oxygen atoms in total. The highest BCUT2D eigenvalue weighted by molar-refractivity contribution is 6.32. The van der Waals surface area contributed by atoms with Crippen LogP contribution in [0.5, 0.6) is 5.75 Å². The zero-order valence-electron chi connectivity index (χ0n) is 10.2. The molecule has 0 heterocycles. The Morgan fingerprint density at radius 3 is 2.75 bits per heavy atom. The van der Waals surface area contributed by atoms with E-state index in [0.29, 0.717) is 10.9 Å². The number of para-hydroxylation sites is 1. The van der Waals surface area contributed by atoms with Crippen molar-refractivity contribution in [3.05, 3.63) is 28.8 Å². The van der Waals surface area contributed by atoms with Gasteiger partial charge < -0.3 is 10.0 Å². The van der Waals surface area contributed by atoms with E-state index < -0.39 is 0 Å². The van der Waals surface area contributed by atoms with Gasteiger partial charge >= 0.3 is 0 Å². The molecule has 0 aliphatic rings. The van der Waals surface area contributed by atoms with E-state index in [2.05, 4.69) is 25.8 Å². The third-order valence-corrected chi connectivity index (χ3v) is 3.14. The van der Waals surface area contributed by atoms with Crippen LogP contribution in [0.4, 0.5) is 0 Å². The number of hydrogen-bond acceptors (Lipinski definition) is 2. The van der Waals surface area contributed by atoms with Crippen LogP contribution in [0.1, 0.15) is 25.8 Å².